The molecule has 19 heavy (non-hydrogen) atoms. The number of piperidine rings is 1. The Balaban J connectivity index is 1.65. The second kappa shape index (κ2) is 7.71. The van der Waals surface area contributed by atoms with Crippen molar-refractivity contribution >= 4 is 0 Å². The molecule has 108 valence electrons. The topological polar surface area (TPSA) is 20.2 Å². The minimum atomic E-state index is 0.711. The van der Waals surface area contributed by atoms with Crippen LogP contribution in [-0.4, -0.2) is 35.1 Å². The maximum atomic E-state index is 3.71. The van der Waals surface area contributed by atoms with Gasteiger partial charge >= 0.3 is 0 Å². The average molecular weight is 263 g/mol. The summed E-state index contributed by atoms with van der Waals surface area (Å²) in [5, 5.41) is 3.71. The zero-order valence-electron chi connectivity index (χ0n) is 12.6. The first-order chi connectivity index (χ1) is 9.31. The van der Waals surface area contributed by atoms with Gasteiger partial charge in [0.1, 0.15) is 0 Å². The molecule has 3 heteroatoms. The van der Waals surface area contributed by atoms with E-state index in [0.29, 0.717) is 6.04 Å². The van der Waals surface area contributed by atoms with Gasteiger partial charge in [-0.25, -0.2) is 0 Å². The molecule has 0 amide bonds. The van der Waals surface area contributed by atoms with Gasteiger partial charge in [-0.15, -0.1) is 0 Å². The third kappa shape index (κ3) is 4.66. The standard InChI is InChI=1S/C16H29N3/c1-3-5-9-19-11-7-16(8-12-19)17-13-15-6-10-18(4-2)14-15/h6,10,14,16-17H,3-5,7-9,11-13H2,1-2H3. The molecule has 1 N–H and O–H groups in total. The van der Waals surface area contributed by atoms with Gasteiger partial charge in [0.25, 0.3) is 0 Å². The predicted octanol–water partition coefficient (Wildman–Crippen LogP) is 2.86. The lowest BCUT2D eigenvalue weighted by Crippen LogP contribution is -2.42. The highest BCUT2D eigenvalue weighted by Crippen LogP contribution is 2.12. The van der Waals surface area contributed by atoms with Gasteiger partial charge < -0.3 is 14.8 Å². The van der Waals surface area contributed by atoms with Crippen molar-refractivity contribution < 1.29 is 0 Å². The molecule has 0 radical (unpaired) electrons. The lowest BCUT2D eigenvalue weighted by Gasteiger charge is -2.32. The summed E-state index contributed by atoms with van der Waals surface area (Å²) in [5.74, 6) is 0. The number of unbranched alkanes of at least 4 members (excludes halogenated alkanes) is 1. The zero-order chi connectivity index (χ0) is 13.5. The Morgan fingerprint density at radius 2 is 2.05 bits per heavy atom. The largest absolute Gasteiger partial charge is 0.354 e. The maximum absolute atomic E-state index is 3.71. The second-order valence-electron chi connectivity index (χ2n) is 5.70. The molecular weight excluding hydrogens is 234 g/mol. The summed E-state index contributed by atoms with van der Waals surface area (Å²) >= 11 is 0. The number of nitrogens with one attached hydrogen (secondary N) is 1. The lowest BCUT2D eigenvalue weighted by atomic mass is 10.0. The molecule has 0 aliphatic carbocycles. The normalized spacial score (nSPS) is 18.0. The van der Waals surface area contributed by atoms with E-state index in [1.165, 1.54) is 50.9 Å². The number of nitrogens with zero attached hydrogens (tertiary/aromatic N) is 2. The van der Waals surface area contributed by atoms with Gasteiger partial charge in [0, 0.05) is 31.5 Å². The Morgan fingerprint density at radius 3 is 2.68 bits per heavy atom. The Kier molecular flexibility index (Phi) is 5.93. The maximum Gasteiger partial charge on any atom is 0.0223 e. The fraction of sp³-hybridized carbons (Fsp3) is 0.750. The van der Waals surface area contributed by atoms with Crippen LogP contribution < -0.4 is 5.32 Å². The summed E-state index contributed by atoms with van der Waals surface area (Å²) in [6.45, 7) is 10.4. The highest BCUT2D eigenvalue weighted by Gasteiger charge is 2.17. The molecule has 1 aliphatic rings. The molecule has 1 fully saturated rings. The van der Waals surface area contributed by atoms with Crippen LogP contribution in [0.2, 0.25) is 0 Å². The predicted molar refractivity (Wildman–Crippen MR) is 81.3 cm³/mol. The van der Waals surface area contributed by atoms with Gasteiger partial charge in [0.2, 0.25) is 0 Å². The first kappa shape index (κ1) is 14.6. The highest BCUT2D eigenvalue weighted by atomic mass is 15.1. The van der Waals surface area contributed by atoms with Crippen molar-refractivity contribution in [2.75, 3.05) is 19.6 Å². The van der Waals surface area contributed by atoms with E-state index in [1.807, 2.05) is 0 Å². The van der Waals surface area contributed by atoms with Crippen LogP contribution in [0.3, 0.4) is 0 Å². The Bertz CT molecular complexity index is 351. The second-order valence-corrected chi connectivity index (χ2v) is 5.70. The van der Waals surface area contributed by atoms with Crippen molar-refractivity contribution in [3.63, 3.8) is 0 Å². The summed E-state index contributed by atoms with van der Waals surface area (Å²) in [4.78, 5) is 2.62. The summed E-state index contributed by atoms with van der Waals surface area (Å²) < 4.78 is 2.24. The van der Waals surface area contributed by atoms with Crippen LogP contribution in [0.25, 0.3) is 0 Å². The van der Waals surface area contributed by atoms with Crippen LogP contribution >= 0.6 is 0 Å². The van der Waals surface area contributed by atoms with Crippen LogP contribution in [0, 0.1) is 0 Å². The van der Waals surface area contributed by atoms with Gasteiger partial charge in [-0.05, 0) is 57.5 Å². The molecule has 0 unspecified atom stereocenters. The minimum Gasteiger partial charge on any atom is -0.354 e. The summed E-state index contributed by atoms with van der Waals surface area (Å²) in [7, 11) is 0. The van der Waals surface area contributed by atoms with E-state index < -0.39 is 0 Å². The molecule has 0 bridgehead atoms. The fourth-order valence-electron chi connectivity index (χ4n) is 2.80. The molecule has 0 atom stereocenters. The van der Waals surface area contributed by atoms with Crippen LogP contribution in [0.1, 0.15) is 45.1 Å². The quantitative estimate of drug-likeness (QED) is 0.816. The number of likely N-dealkylation sites (tertiary alicyclic amines) is 1. The molecule has 0 aromatic carbocycles. The van der Waals surface area contributed by atoms with E-state index in [-0.39, 0.29) is 0 Å². The SMILES string of the molecule is CCCCN1CCC(NCc2ccn(CC)c2)CC1. The van der Waals surface area contributed by atoms with Crippen molar-refractivity contribution in [3.05, 3.63) is 24.0 Å². The third-order valence-corrected chi connectivity index (χ3v) is 4.19. The van der Waals surface area contributed by atoms with Crippen LogP contribution in [0.5, 0.6) is 0 Å². The van der Waals surface area contributed by atoms with Gasteiger partial charge in [-0.3, -0.25) is 0 Å². The summed E-state index contributed by atoms with van der Waals surface area (Å²) in [5.41, 5.74) is 1.41. The van der Waals surface area contributed by atoms with Crippen molar-refractivity contribution in [2.24, 2.45) is 0 Å². The molecule has 3 nitrogen and oxygen atoms in total. The van der Waals surface area contributed by atoms with E-state index >= 15 is 0 Å². The van der Waals surface area contributed by atoms with Crippen LogP contribution in [0.4, 0.5) is 0 Å². The van der Waals surface area contributed by atoms with Gasteiger partial charge in [0.05, 0.1) is 0 Å². The number of hydrogen-bond acceptors (Lipinski definition) is 2. The molecule has 1 aromatic heterocycles. The van der Waals surface area contributed by atoms with Crippen molar-refractivity contribution in [3.8, 4) is 0 Å². The smallest absolute Gasteiger partial charge is 0.0223 e. The van der Waals surface area contributed by atoms with E-state index in [4.69, 9.17) is 0 Å². The Hall–Kier alpha value is -0.800. The van der Waals surface area contributed by atoms with Crippen molar-refractivity contribution in [2.45, 2.75) is 58.7 Å². The molecular formula is C16H29N3. The fourth-order valence-corrected chi connectivity index (χ4v) is 2.80. The van der Waals surface area contributed by atoms with E-state index in [1.54, 1.807) is 0 Å². The van der Waals surface area contributed by atoms with E-state index in [2.05, 4.69) is 47.1 Å². The summed E-state index contributed by atoms with van der Waals surface area (Å²) in [6, 6.07) is 2.94. The first-order valence-electron chi connectivity index (χ1n) is 7.92. The molecule has 1 aliphatic heterocycles. The van der Waals surface area contributed by atoms with E-state index in [0.717, 1.165) is 13.1 Å². The molecule has 1 aromatic rings. The van der Waals surface area contributed by atoms with Crippen LogP contribution in [0.15, 0.2) is 18.5 Å². The molecule has 2 heterocycles. The summed E-state index contributed by atoms with van der Waals surface area (Å²) in [6.07, 6.45) is 9.69. The highest BCUT2D eigenvalue weighted by molar-refractivity contribution is 5.10. The van der Waals surface area contributed by atoms with Crippen molar-refractivity contribution in [1.29, 1.82) is 0 Å². The van der Waals surface area contributed by atoms with Gasteiger partial charge in [-0.1, -0.05) is 13.3 Å². The number of hydrogen-bond donors (Lipinski definition) is 1. The number of aryl methyl sites for hydroxylation is 1. The third-order valence-electron chi connectivity index (χ3n) is 4.19. The van der Waals surface area contributed by atoms with Crippen LogP contribution in [-0.2, 0) is 13.1 Å². The monoisotopic (exact) mass is 263 g/mol. The van der Waals surface area contributed by atoms with Gasteiger partial charge in [0.15, 0.2) is 0 Å². The molecule has 0 saturated carbocycles. The Labute approximate surface area is 118 Å². The number of aromatic nitrogens is 1. The lowest BCUT2D eigenvalue weighted by molar-refractivity contribution is 0.195. The van der Waals surface area contributed by atoms with Gasteiger partial charge in [-0.2, -0.15) is 0 Å². The van der Waals surface area contributed by atoms with E-state index in [9.17, 15) is 0 Å². The minimum absolute atomic E-state index is 0.711. The molecule has 1 saturated heterocycles. The first-order valence-corrected chi connectivity index (χ1v) is 7.92. The average Bonchev–Trinajstić information content (AvgIpc) is 2.92. The number of rotatable bonds is 7. The molecule has 2 rings (SSSR count). The molecule has 0 spiro atoms. The van der Waals surface area contributed by atoms with Crippen molar-refractivity contribution in [1.82, 2.24) is 14.8 Å². The Morgan fingerprint density at radius 1 is 1.26 bits per heavy atom. The zero-order valence-corrected chi connectivity index (χ0v) is 12.6.